The quantitative estimate of drug-likeness (QED) is 0.790. The van der Waals surface area contributed by atoms with Gasteiger partial charge in [0.05, 0.1) is 0 Å². The summed E-state index contributed by atoms with van der Waals surface area (Å²) in [5.41, 5.74) is 1.37. The van der Waals surface area contributed by atoms with Crippen LogP contribution >= 0.6 is 11.3 Å². The number of thiophene rings is 1. The topological polar surface area (TPSA) is 15.3 Å². The van der Waals surface area contributed by atoms with Gasteiger partial charge in [-0.3, -0.25) is 0 Å². The third-order valence-corrected chi connectivity index (χ3v) is 3.80. The first-order chi connectivity index (χ1) is 7.43. The van der Waals surface area contributed by atoms with Crippen molar-refractivity contribution in [2.24, 2.45) is 0 Å². The molecule has 0 atom stereocenters. The highest BCUT2D eigenvalue weighted by atomic mass is 32.1. The minimum absolute atomic E-state index is 1.10. The van der Waals surface area contributed by atoms with Gasteiger partial charge in [0.15, 0.2) is 0 Å². The van der Waals surface area contributed by atoms with Gasteiger partial charge in [-0.1, -0.05) is 6.07 Å². The van der Waals surface area contributed by atoms with Crippen LogP contribution < -0.4 is 10.2 Å². The van der Waals surface area contributed by atoms with E-state index in [2.05, 4.69) is 39.9 Å². The molecule has 1 aromatic heterocycles. The maximum absolute atomic E-state index is 3.38. The normalized spacial score (nSPS) is 17.2. The SMILES string of the molecule is c1cc2ccc(N3CCNCC3)cc2s1. The van der Waals surface area contributed by atoms with Crippen LogP contribution in [-0.2, 0) is 0 Å². The summed E-state index contributed by atoms with van der Waals surface area (Å²) in [4.78, 5) is 2.45. The van der Waals surface area contributed by atoms with E-state index < -0.39 is 0 Å². The number of hydrogen-bond donors (Lipinski definition) is 1. The molecule has 2 nitrogen and oxygen atoms in total. The molecule has 1 aliphatic rings. The number of benzene rings is 1. The Labute approximate surface area is 93.5 Å². The van der Waals surface area contributed by atoms with Gasteiger partial charge in [0, 0.05) is 36.6 Å². The van der Waals surface area contributed by atoms with Crippen molar-refractivity contribution < 1.29 is 0 Å². The van der Waals surface area contributed by atoms with Crippen LogP contribution in [0.4, 0.5) is 5.69 Å². The van der Waals surface area contributed by atoms with E-state index in [4.69, 9.17) is 0 Å². The van der Waals surface area contributed by atoms with E-state index in [1.165, 1.54) is 15.8 Å². The van der Waals surface area contributed by atoms with Crippen molar-refractivity contribution in [3.63, 3.8) is 0 Å². The van der Waals surface area contributed by atoms with Crippen LogP contribution in [0.25, 0.3) is 10.1 Å². The van der Waals surface area contributed by atoms with Crippen LogP contribution in [0.5, 0.6) is 0 Å². The fraction of sp³-hybridized carbons (Fsp3) is 0.333. The molecule has 1 saturated heterocycles. The van der Waals surface area contributed by atoms with Gasteiger partial charge in [-0.15, -0.1) is 11.3 Å². The van der Waals surface area contributed by atoms with E-state index in [0.717, 1.165) is 26.2 Å². The molecule has 0 amide bonds. The van der Waals surface area contributed by atoms with E-state index in [-0.39, 0.29) is 0 Å². The number of rotatable bonds is 1. The number of nitrogens with one attached hydrogen (secondary N) is 1. The minimum Gasteiger partial charge on any atom is -0.369 e. The predicted molar refractivity (Wildman–Crippen MR) is 66.9 cm³/mol. The van der Waals surface area contributed by atoms with Crippen molar-refractivity contribution in [3.05, 3.63) is 29.6 Å². The van der Waals surface area contributed by atoms with Gasteiger partial charge in [-0.2, -0.15) is 0 Å². The third-order valence-electron chi connectivity index (χ3n) is 2.92. The average Bonchev–Trinajstić information content (AvgIpc) is 2.77. The third kappa shape index (κ3) is 1.73. The van der Waals surface area contributed by atoms with Gasteiger partial charge in [-0.05, 0) is 29.0 Å². The molecular weight excluding hydrogens is 204 g/mol. The zero-order valence-corrected chi connectivity index (χ0v) is 9.39. The molecule has 15 heavy (non-hydrogen) atoms. The molecule has 0 aliphatic carbocycles. The van der Waals surface area contributed by atoms with Crippen molar-refractivity contribution in [2.75, 3.05) is 31.1 Å². The molecule has 1 N–H and O–H groups in total. The Morgan fingerprint density at radius 1 is 1.13 bits per heavy atom. The van der Waals surface area contributed by atoms with Gasteiger partial charge in [0.1, 0.15) is 0 Å². The molecule has 2 aromatic rings. The summed E-state index contributed by atoms with van der Waals surface area (Å²) in [7, 11) is 0. The molecule has 0 unspecified atom stereocenters. The van der Waals surface area contributed by atoms with Gasteiger partial charge >= 0.3 is 0 Å². The molecule has 3 heteroatoms. The fourth-order valence-electron chi connectivity index (χ4n) is 2.06. The standard InChI is InChI=1S/C12H14N2S/c1-2-11(14-6-4-13-5-7-14)9-12-10(1)3-8-15-12/h1-3,8-9,13H,4-7H2. The highest BCUT2D eigenvalue weighted by Crippen LogP contribution is 2.26. The lowest BCUT2D eigenvalue weighted by Gasteiger charge is -2.29. The summed E-state index contributed by atoms with van der Waals surface area (Å²) in [6.45, 7) is 4.44. The van der Waals surface area contributed by atoms with Crippen molar-refractivity contribution in [3.8, 4) is 0 Å². The molecule has 1 aromatic carbocycles. The minimum atomic E-state index is 1.10. The number of anilines is 1. The predicted octanol–water partition coefficient (Wildman–Crippen LogP) is 2.31. The Morgan fingerprint density at radius 2 is 2.00 bits per heavy atom. The van der Waals surface area contributed by atoms with Gasteiger partial charge in [0.25, 0.3) is 0 Å². The monoisotopic (exact) mass is 218 g/mol. The molecule has 0 saturated carbocycles. The summed E-state index contributed by atoms with van der Waals surface area (Å²) >= 11 is 1.82. The zero-order chi connectivity index (χ0) is 10.1. The van der Waals surface area contributed by atoms with Crippen LogP contribution in [-0.4, -0.2) is 26.2 Å². The Balaban J connectivity index is 1.95. The number of nitrogens with zero attached hydrogens (tertiary/aromatic N) is 1. The lowest BCUT2D eigenvalue weighted by atomic mass is 10.2. The van der Waals surface area contributed by atoms with Crippen LogP contribution in [0.1, 0.15) is 0 Å². The first kappa shape index (κ1) is 9.19. The zero-order valence-electron chi connectivity index (χ0n) is 8.57. The molecule has 1 aliphatic heterocycles. The second kappa shape index (κ2) is 3.83. The Hall–Kier alpha value is -1.06. The highest BCUT2D eigenvalue weighted by Gasteiger charge is 2.10. The first-order valence-electron chi connectivity index (χ1n) is 5.36. The molecular formula is C12H14N2S. The second-order valence-electron chi connectivity index (χ2n) is 3.88. The molecule has 0 bridgehead atoms. The average molecular weight is 218 g/mol. The first-order valence-corrected chi connectivity index (χ1v) is 6.24. The smallest absolute Gasteiger partial charge is 0.0381 e. The van der Waals surface area contributed by atoms with Crippen LogP contribution in [0.3, 0.4) is 0 Å². The van der Waals surface area contributed by atoms with Crippen molar-refractivity contribution in [1.29, 1.82) is 0 Å². The fourth-order valence-corrected chi connectivity index (χ4v) is 2.89. The van der Waals surface area contributed by atoms with Crippen LogP contribution in [0.2, 0.25) is 0 Å². The van der Waals surface area contributed by atoms with E-state index in [0.29, 0.717) is 0 Å². The van der Waals surface area contributed by atoms with Crippen molar-refractivity contribution in [2.45, 2.75) is 0 Å². The van der Waals surface area contributed by atoms with E-state index in [1.807, 2.05) is 11.3 Å². The lowest BCUT2D eigenvalue weighted by molar-refractivity contribution is 0.589. The Bertz CT molecular complexity index is 457. The van der Waals surface area contributed by atoms with E-state index in [9.17, 15) is 0 Å². The largest absolute Gasteiger partial charge is 0.369 e. The summed E-state index contributed by atoms with van der Waals surface area (Å²) in [6, 6.07) is 8.95. The van der Waals surface area contributed by atoms with Crippen molar-refractivity contribution in [1.82, 2.24) is 5.32 Å². The van der Waals surface area contributed by atoms with Gasteiger partial charge in [-0.25, -0.2) is 0 Å². The molecule has 0 radical (unpaired) electrons. The second-order valence-corrected chi connectivity index (χ2v) is 4.83. The number of piperazine rings is 1. The molecule has 1 fully saturated rings. The highest BCUT2D eigenvalue weighted by molar-refractivity contribution is 7.17. The summed E-state index contributed by atoms with van der Waals surface area (Å²) in [5, 5.41) is 6.90. The van der Waals surface area contributed by atoms with E-state index >= 15 is 0 Å². The molecule has 0 spiro atoms. The summed E-state index contributed by atoms with van der Waals surface area (Å²) in [5.74, 6) is 0. The van der Waals surface area contributed by atoms with E-state index in [1.54, 1.807) is 0 Å². The lowest BCUT2D eigenvalue weighted by Crippen LogP contribution is -2.43. The van der Waals surface area contributed by atoms with Crippen LogP contribution in [0.15, 0.2) is 29.6 Å². The number of hydrogen-bond acceptors (Lipinski definition) is 3. The Morgan fingerprint density at radius 3 is 2.87 bits per heavy atom. The van der Waals surface area contributed by atoms with Gasteiger partial charge in [0.2, 0.25) is 0 Å². The maximum atomic E-state index is 3.38. The van der Waals surface area contributed by atoms with Crippen molar-refractivity contribution >= 4 is 27.1 Å². The molecule has 3 rings (SSSR count). The Kier molecular flexibility index (Phi) is 2.35. The summed E-state index contributed by atoms with van der Waals surface area (Å²) < 4.78 is 1.39. The number of fused-ring (bicyclic) bond motifs is 1. The summed E-state index contributed by atoms with van der Waals surface area (Å²) in [6.07, 6.45) is 0. The van der Waals surface area contributed by atoms with Gasteiger partial charge < -0.3 is 10.2 Å². The van der Waals surface area contributed by atoms with Crippen LogP contribution in [0, 0.1) is 0 Å². The molecule has 2 heterocycles. The maximum Gasteiger partial charge on any atom is 0.0381 e. The molecule has 78 valence electrons.